The highest BCUT2D eigenvalue weighted by Crippen LogP contribution is 2.52. The molecular formula is C17H30N2OS. The Morgan fingerprint density at radius 2 is 1.81 bits per heavy atom. The van der Waals surface area contributed by atoms with Gasteiger partial charge in [-0.3, -0.25) is 0 Å². The molecule has 1 aromatic heterocycles. The fourth-order valence-electron chi connectivity index (χ4n) is 3.53. The van der Waals surface area contributed by atoms with Crippen molar-refractivity contribution in [1.82, 2.24) is 10.3 Å². The Hall–Kier alpha value is -0.450. The van der Waals surface area contributed by atoms with E-state index in [0.29, 0.717) is 12.0 Å². The second-order valence-corrected chi connectivity index (χ2v) is 8.84. The number of ether oxygens (including phenoxy) is 1. The summed E-state index contributed by atoms with van der Waals surface area (Å²) in [6, 6.07) is 0.383. The molecule has 1 aliphatic heterocycles. The highest BCUT2D eigenvalue weighted by atomic mass is 32.1. The van der Waals surface area contributed by atoms with E-state index in [1.54, 1.807) is 11.3 Å². The van der Waals surface area contributed by atoms with Crippen molar-refractivity contribution in [2.45, 2.75) is 90.5 Å². The number of hydrogen-bond donors (Lipinski definition) is 1. The van der Waals surface area contributed by atoms with Gasteiger partial charge in [0.2, 0.25) is 0 Å². The lowest BCUT2D eigenvalue weighted by atomic mass is 9.78. The first-order valence-electron chi connectivity index (χ1n) is 7.93. The molecule has 1 fully saturated rings. The Morgan fingerprint density at radius 3 is 2.19 bits per heavy atom. The average molecular weight is 311 g/mol. The fraction of sp³-hybridized carbons (Fsp3) is 0.824. The van der Waals surface area contributed by atoms with E-state index in [-0.39, 0.29) is 16.7 Å². The van der Waals surface area contributed by atoms with E-state index in [1.807, 2.05) is 0 Å². The van der Waals surface area contributed by atoms with Gasteiger partial charge in [0.05, 0.1) is 16.9 Å². The SMILES string of the molecule is CC(C)NC1(c2nc(C(C)C)cs2)CC(C)(C)OC1(C)C. The second kappa shape index (κ2) is 5.32. The fourth-order valence-corrected chi connectivity index (χ4v) is 4.82. The van der Waals surface area contributed by atoms with Crippen molar-refractivity contribution in [1.29, 1.82) is 0 Å². The van der Waals surface area contributed by atoms with Gasteiger partial charge in [-0.1, -0.05) is 13.8 Å². The van der Waals surface area contributed by atoms with Gasteiger partial charge in [0, 0.05) is 17.8 Å². The minimum Gasteiger partial charge on any atom is -0.367 e. The number of thiazole rings is 1. The van der Waals surface area contributed by atoms with Crippen LogP contribution < -0.4 is 5.32 Å². The van der Waals surface area contributed by atoms with E-state index < -0.39 is 0 Å². The third-order valence-corrected chi connectivity index (χ3v) is 5.29. The molecule has 1 aliphatic rings. The largest absolute Gasteiger partial charge is 0.367 e. The summed E-state index contributed by atoms with van der Waals surface area (Å²) in [7, 11) is 0. The summed E-state index contributed by atoms with van der Waals surface area (Å²) in [4.78, 5) is 4.95. The van der Waals surface area contributed by atoms with Gasteiger partial charge in [-0.05, 0) is 47.5 Å². The molecule has 1 atom stereocenters. The van der Waals surface area contributed by atoms with Crippen molar-refractivity contribution >= 4 is 11.3 Å². The molecule has 0 bridgehead atoms. The minimum absolute atomic E-state index is 0.144. The van der Waals surface area contributed by atoms with Crippen LogP contribution in [0.25, 0.3) is 0 Å². The van der Waals surface area contributed by atoms with Gasteiger partial charge in [0.1, 0.15) is 10.5 Å². The van der Waals surface area contributed by atoms with E-state index in [0.717, 1.165) is 11.4 Å². The lowest BCUT2D eigenvalue weighted by Crippen LogP contribution is -2.56. The summed E-state index contributed by atoms with van der Waals surface area (Å²) >= 11 is 1.77. The van der Waals surface area contributed by atoms with Crippen molar-refractivity contribution in [2.24, 2.45) is 0 Å². The van der Waals surface area contributed by atoms with Crippen LogP contribution in [-0.2, 0) is 10.3 Å². The third kappa shape index (κ3) is 3.03. The molecule has 1 N–H and O–H groups in total. The number of hydrogen-bond acceptors (Lipinski definition) is 4. The predicted molar refractivity (Wildman–Crippen MR) is 90.0 cm³/mol. The van der Waals surface area contributed by atoms with Gasteiger partial charge in [0.25, 0.3) is 0 Å². The van der Waals surface area contributed by atoms with Gasteiger partial charge >= 0.3 is 0 Å². The molecule has 0 saturated carbocycles. The monoisotopic (exact) mass is 310 g/mol. The molecule has 4 heteroatoms. The summed E-state index contributed by atoms with van der Waals surface area (Å²) in [5, 5.41) is 7.15. The van der Waals surface area contributed by atoms with Crippen LogP contribution in [0.15, 0.2) is 5.38 Å². The Bertz CT molecular complexity index is 505. The third-order valence-electron chi connectivity index (χ3n) is 4.26. The van der Waals surface area contributed by atoms with Gasteiger partial charge < -0.3 is 10.1 Å². The van der Waals surface area contributed by atoms with Crippen LogP contribution in [0.2, 0.25) is 0 Å². The molecule has 2 heterocycles. The number of nitrogens with one attached hydrogen (secondary N) is 1. The lowest BCUT2D eigenvalue weighted by Gasteiger charge is -2.40. The number of nitrogens with zero attached hydrogens (tertiary/aromatic N) is 1. The van der Waals surface area contributed by atoms with Crippen LogP contribution in [-0.4, -0.2) is 22.2 Å². The average Bonchev–Trinajstić information content (AvgIpc) is 2.79. The molecule has 0 amide bonds. The Morgan fingerprint density at radius 1 is 1.19 bits per heavy atom. The number of aromatic nitrogens is 1. The van der Waals surface area contributed by atoms with E-state index in [4.69, 9.17) is 9.72 Å². The first-order chi connectivity index (χ1) is 9.49. The first-order valence-corrected chi connectivity index (χ1v) is 8.81. The second-order valence-electron chi connectivity index (χ2n) is 7.99. The van der Waals surface area contributed by atoms with E-state index in [9.17, 15) is 0 Å². The molecule has 0 radical (unpaired) electrons. The van der Waals surface area contributed by atoms with Crippen LogP contribution in [0.3, 0.4) is 0 Å². The van der Waals surface area contributed by atoms with Crippen LogP contribution >= 0.6 is 11.3 Å². The van der Waals surface area contributed by atoms with Gasteiger partial charge in [-0.15, -0.1) is 11.3 Å². The van der Waals surface area contributed by atoms with Gasteiger partial charge in [0.15, 0.2) is 0 Å². The lowest BCUT2D eigenvalue weighted by molar-refractivity contribution is -0.0854. The van der Waals surface area contributed by atoms with Crippen molar-refractivity contribution in [3.63, 3.8) is 0 Å². The van der Waals surface area contributed by atoms with Crippen LogP contribution in [0, 0.1) is 0 Å². The summed E-state index contributed by atoms with van der Waals surface area (Å²) in [6.07, 6.45) is 0.941. The van der Waals surface area contributed by atoms with E-state index in [2.05, 4.69) is 66.1 Å². The molecule has 21 heavy (non-hydrogen) atoms. The first kappa shape index (κ1) is 16.9. The Balaban J connectivity index is 2.51. The summed E-state index contributed by atoms with van der Waals surface area (Å²) in [6.45, 7) is 17.5. The Labute approximate surface area is 133 Å². The molecule has 0 aromatic carbocycles. The van der Waals surface area contributed by atoms with Crippen molar-refractivity contribution in [2.75, 3.05) is 0 Å². The quantitative estimate of drug-likeness (QED) is 0.893. The van der Waals surface area contributed by atoms with Crippen molar-refractivity contribution in [3.8, 4) is 0 Å². The normalized spacial score (nSPS) is 27.7. The standard InChI is InChI=1S/C17H30N2OS/c1-11(2)13-9-21-14(18-13)17(19-12(3)4)10-15(5,6)20-16(17,7)8/h9,11-12,19H,10H2,1-8H3. The molecule has 120 valence electrons. The van der Waals surface area contributed by atoms with Crippen LogP contribution in [0.4, 0.5) is 0 Å². The molecule has 1 saturated heterocycles. The topological polar surface area (TPSA) is 34.2 Å². The zero-order valence-electron chi connectivity index (χ0n) is 14.7. The molecule has 0 aliphatic carbocycles. The predicted octanol–water partition coefficient (Wildman–Crippen LogP) is 4.44. The zero-order chi connectivity index (χ0) is 16.1. The van der Waals surface area contributed by atoms with Gasteiger partial charge in [-0.25, -0.2) is 4.98 Å². The van der Waals surface area contributed by atoms with Gasteiger partial charge in [-0.2, -0.15) is 0 Å². The van der Waals surface area contributed by atoms with Crippen molar-refractivity contribution in [3.05, 3.63) is 16.1 Å². The summed E-state index contributed by atoms with van der Waals surface area (Å²) < 4.78 is 6.38. The minimum atomic E-state index is -0.285. The highest BCUT2D eigenvalue weighted by molar-refractivity contribution is 7.09. The maximum absolute atomic E-state index is 6.38. The molecule has 3 nitrogen and oxygen atoms in total. The van der Waals surface area contributed by atoms with E-state index >= 15 is 0 Å². The molecule has 2 rings (SSSR count). The molecule has 1 aromatic rings. The van der Waals surface area contributed by atoms with Crippen LogP contribution in [0.1, 0.15) is 78.4 Å². The van der Waals surface area contributed by atoms with E-state index in [1.165, 1.54) is 5.69 Å². The van der Waals surface area contributed by atoms with Crippen LogP contribution in [0.5, 0.6) is 0 Å². The maximum Gasteiger partial charge on any atom is 0.116 e. The molecular weight excluding hydrogens is 280 g/mol. The molecule has 0 spiro atoms. The zero-order valence-corrected chi connectivity index (χ0v) is 15.5. The summed E-state index contributed by atoms with van der Waals surface area (Å²) in [5.74, 6) is 0.463. The highest BCUT2D eigenvalue weighted by Gasteiger charge is 2.59. The number of rotatable bonds is 4. The molecule has 1 unspecified atom stereocenters. The van der Waals surface area contributed by atoms with Crippen molar-refractivity contribution < 1.29 is 4.74 Å². The Kier molecular flexibility index (Phi) is 4.29. The maximum atomic E-state index is 6.38. The summed E-state index contributed by atoms with van der Waals surface area (Å²) in [5.41, 5.74) is 0.533. The smallest absolute Gasteiger partial charge is 0.116 e.